The van der Waals surface area contributed by atoms with Gasteiger partial charge in [0.05, 0.1) is 6.04 Å². The molecule has 138 valence electrons. The molecule has 0 fully saturated rings. The summed E-state index contributed by atoms with van der Waals surface area (Å²) in [6, 6.07) is 11.1. The van der Waals surface area contributed by atoms with E-state index in [-0.39, 0.29) is 16.7 Å². The quantitative estimate of drug-likeness (QED) is 0.690. The van der Waals surface area contributed by atoms with E-state index in [1.165, 1.54) is 22.5 Å². The second-order valence-electron chi connectivity index (χ2n) is 6.31. The number of fused-ring (bicyclic) bond motifs is 1. The number of anilines is 2. The number of halogens is 2. The first-order chi connectivity index (χ1) is 13.1. The number of nitrogens with one attached hydrogen (secondary N) is 2. The first kappa shape index (κ1) is 17.5. The number of carbonyl (C=O) groups is 1. The summed E-state index contributed by atoms with van der Waals surface area (Å²) in [5.41, 5.74) is 2.46. The van der Waals surface area contributed by atoms with E-state index in [0.717, 1.165) is 31.4 Å². The molecule has 0 spiro atoms. The number of hydrogen-bond donors (Lipinski definition) is 2. The van der Waals surface area contributed by atoms with Crippen LogP contribution in [0.5, 0.6) is 0 Å². The Kier molecular flexibility index (Phi) is 4.81. The summed E-state index contributed by atoms with van der Waals surface area (Å²) in [5, 5.41) is 14.7. The van der Waals surface area contributed by atoms with Crippen molar-refractivity contribution in [1.82, 2.24) is 10.2 Å². The molecule has 8 heteroatoms. The van der Waals surface area contributed by atoms with Gasteiger partial charge in [0, 0.05) is 11.6 Å². The summed E-state index contributed by atoms with van der Waals surface area (Å²) in [7, 11) is 0. The van der Waals surface area contributed by atoms with Gasteiger partial charge in [-0.2, -0.15) is 0 Å². The third kappa shape index (κ3) is 3.95. The van der Waals surface area contributed by atoms with Gasteiger partial charge in [0.15, 0.2) is 0 Å². The van der Waals surface area contributed by atoms with E-state index in [2.05, 4.69) is 33.0 Å². The van der Waals surface area contributed by atoms with E-state index in [1.807, 2.05) is 12.1 Å². The van der Waals surface area contributed by atoms with Gasteiger partial charge in [-0.15, -0.1) is 10.2 Å². The van der Waals surface area contributed by atoms with Crippen LogP contribution in [0.1, 0.15) is 40.4 Å². The third-order valence-electron chi connectivity index (χ3n) is 4.44. The molecule has 0 saturated heterocycles. The average molecular weight is 386 g/mol. The van der Waals surface area contributed by atoms with E-state index in [1.54, 1.807) is 0 Å². The molecule has 1 aromatic heterocycles. The molecular weight excluding hydrogens is 370 g/mol. The largest absolute Gasteiger partial charge is 0.353 e. The van der Waals surface area contributed by atoms with Gasteiger partial charge >= 0.3 is 0 Å². The maximum Gasteiger partial charge on any atom is 0.257 e. The van der Waals surface area contributed by atoms with Gasteiger partial charge in [0.25, 0.3) is 5.91 Å². The maximum atomic E-state index is 13.3. The van der Waals surface area contributed by atoms with Crippen molar-refractivity contribution in [3.8, 4) is 0 Å². The minimum absolute atomic E-state index is 0.113. The zero-order valence-electron chi connectivity index (χ0n) is 14.2. The van der Waals surface area contributed by atoms with Crippen LogP contribution in [-0.4, -0.2) is 16.1 Å². The van der Waals surface area contributed by atoms with Crippen LogP contribution >= 0.6 is 11.3 Å². The molecule has 0 aliphatic heterocycles. The second kappa shape index (κ2) is 7.40. The molecule has 2 aromatic carbocycles. The lowest BCUT2D eigenvalue weighted by Gasteiger charge is -2.25. The summed E-state index contributed by atoms with van der Waals surface area (Å²) in [5.74, 6) is -2.26. The normalized spacial score (nSPS) is 15.9. The Morgan fingerprint density at radius 2 is 1.81 bits per heavy atom. The Bertz CT molecular complexity index is 971. The monoisotopic (exact) mass is 386 g/mol. The van der Waals surface area contributed by atoms with Gasteiger partial charge in [0.2, 0.25) is 10.3 Å². The number of aromatic nitrogens is 2. The molecule has 27 heavy (non-hydrogen) atoms. The van der Waals surface area contributed by atoms with Gasteiger partial charge in [-0.25, -0.2) is 8.78 Å². The van der Waals surface area contributed by atoms with Crippen molar-refractivity contribution in [3.05, 3.63) is 70.8 Å². The molecule has 1 aliphatic rings. The predicted octanol–water partition coefficient (Wildman–Crippen LogP) is 4.56. The first-order valence-corrected chi connectivity index (χ1v) is 9.35. The molecule has 0 saturated carbocycles. The van der Waals surface area contributed by atoms with Crippen LogP contribution in [0.4, 0.5) is 19.0 Å². The Hall–Kier alpha value is -2.87. The zero-order valence-corrected chi connectivity index (χ0v) is 15.0. The van der Waals surface area contributed by atoms with E-state index in [4.69, 9.17) is 0 Å². The number of amides is 1. The molecule has 2 N–H and O–H groups in total. The van der Waals surface area contributed by atoms with Gasteiger partial charge in [0.1, 0.15) is 11.6 Å². The fourth-order valence-electron chi connectivity index (χ4n) is 3.24. The molecule has 0 radical (unpaired) electrons. The van der Waals surface area contributed by atoms with E-state index < -0.39 is 17.5 Å². The van der Waals surface area contributed by atoms with Crippen molar-refractivity contribution < 1.29 is 13.6 Å². The molecule has 0 bridgehead atoms. The van der Waals surface area contributed by atoms with Crippen LogP contribution in [0.25, 0.3) is 0 Å². The summed E-state index contributed by atoms with van der Waals surface area (Å²) < 4.78 is 26.5. The topological polar surface area (TPSA) is 66.9 Å². The molecule has 5 nitrogen and oxygen atoms in total. The van der Waals surface area contributed by atoms with Crippen molar-refractivity contribution in [2.45, 2.75) is 25.3 Å². The third-order valence-corrected chi connectivity index (χ3v) is 5.21. The smallest absolute Gasteiger partial charge is 0.257 e. The fourth-order valence-corrected chi connectivity index (χ4v) is 3.93. The Balaban J connectivity index is 1.46. The van der Waals surface area contributed by atoms with Crippen molar-refractivity contribution in [2.75, 3.05) is 10.6 Å². The van der Waals surface area contributed by atoms with Crippen LogP contribution in [0, 0.1) is 11.6 Å². The number of hydrogen-bond acceptors (Lipinski definition) is 5. The molecule has 1 unspecified atom stereocenters. The van der Waals surface area contributed by atoms with E-state index in [0.29, 0.717) is 11.2 Å². The lowest BCUT2D eigenvalue weighted by atomic mass is 9.88. The number of benzene rings is 2. The number of aryl methyl sites for hydroxylation is 1. The highest BCUT2D eigenvalue weighted by atomic mass is 32.1. The number of carbonyl (C=O) groups excluding carboxylic acids is 1. The van der Waals surface area contributed by atoms with Crippen LogP contribution < -0.4 is 10.6 Å². The SMILES string of the molecule is O=C(Nc1nnc(NC2CCCc3ccccc32)s1)c1cc(F)cc(F)c1. The van der Waals surface area contributed by atoms with Crippen molar-refractivity contribution in [3.63, 3.8) is 0 Å². The zero-order chi connectivity index (χ0) is 18.8. The van der Waals surface area contributed by atoms with Crippen LogP contribution in [0.15, 0.2) is 42.5 Å². The summed E-state index contributed by atoms with van der Waals surface area (Å²) in [4.78, 5) is 12.2. The van der Waals surface area contributed by atoms with Crippen molar-refractivity contribution >= 4 is 27.5 Å². The van der Waals surface area contributed by atoms with Gasteiger partial charge in [-0.3, -0.25) is 10.1 Å². The molecule has 3 aromatic rings. The highest BCUT2D eigenvalue weighted by Gasteiger charge is 2.21. The Morgan fingerprint density at radius 1 is 1.07 bits per heavy atom. The van der Waals surface area contributed by atoms with Crippen molar-refractivity contribution in [1.29, 1.82) is 0 Å². The van der Waals surface area contributed by atoms with Crippen LogP contribution in [-0.2, 0) is 6.42 Å². The molecule has 1 amide bonds. The number of rotatable bonds is 4. The molecule has 1 atom stereocenters. The Morgan fingerprint density at radius 3 is 2.63 bits per heavy atom. The maximum absolute atomic E-state index is 13.3. The lowest BCUT2D eigenvalue weighted by molar-refractivity contribution is 0.102. The van der Waals surface area contributed by atoms with Gasteiger partial charge in [-0.1, -0.05) is 35.6 Å². The highest BCUT2D eigenvalue weighted by molar-refractivity contribution is 7.19. The summed E-state index contributed by atoms with van der Waals surface area (Å²) in [6.45, 7) is 0. The van der Waals surface area contributed by atoms with Gasteiger partial charge in [-0.05, 0) is 42.5 Å². The average Bonchev–Trinajstić information content (AvgIpc) is 3.08. The van der Waals surface area contributed by atoms with Gasteiger partial charge < -0.3 is 5.32 Å². The minimum atomic E-state index is -0.810. The highest BCUT2D eigenvalue weighted by Crippen LogP contribution is 2.33. The molecular formula is C19H16F2N4OS. The van der Waals surface area contributed by atoms with E-state index in [9.17, 15) is 13.6 Å². The first-order valence-electron chi connectivity index (χ1n) is 8.54. The molecule has 4 rings (SSSR count). The van der Waals surface area contributed by atoms with Crippen LogP contribution in [0.3, 0.4) is 0 Å². The minimum Gasteiger partial charge on any atom is -0.353 e. The second-order valence-corrected chi connectivity index (χ2v) is 7.29. The summed E-state index contributed by atoms with van der Waals surface area (Å²) in [6.07, 6.45) is 3.14. The lowest BCUT2D eigenvalue weighted by Crippen LogP contribution is -2.17. The predicted molar refractivity (Wildman–Crippen MR) is 100.0 cm³/mol. The standard InChI is InChI=1S/C19H16F2N4OS/c20-13-8-12(9-14(21)10-13)17(26)23-19-25-24-18(27-19)22-16-7-3-5-11-4-1-2-6-15(11)16/h1-2,4,6,8-10,16H,3,5,7H2,(H,22,24)(H,23,25,26). The van der Waals surface area contributed by atoms with Crippen LogP contribution in [0.2, 0.25) is 0 Å². The fraction of sp³-hybridized carbons (Fsp3) is 0.211. The number of nitrogens with zero attached hydrogens (tertiary/aromatic N) is 2. The molecule has 1 aliphatic carbocycles. The Labute approximate surface area is 158 Å². The van der Waals surface area contributed by atoms with E-state index >= 15 is 0 Å². The van der Waals surface area contributed by atoms with Crippen molar-refractivity contribution in [2.24, 2.45) is 0 Å². The molecule has 1 heterocycles. The summed E-state index contributed by atoms with van der Waals surface area (Å²) >= 11 is 1.18.